The number of fused-ring (bicyclic) bond motifs is 1. The van der Waals surface area contributed by atoms with E-state index >= 15 is 0 Å². The highest BCUT2D eigenvalue weighted by atomic mass is 16.5. The fourth-order valence-corrected chi connectivity index (χ4v) is 5.01. The lowest BCUT2D eigenvalue weighted by molar-refractivity contribution is -0.139. The van der Waals surface area contributed by atoms with Crippen LogP contribution in [-0.4, -0.2) is 73.6 Å². The molecule has 1 unspecified atom stereocenters. The number of nitrogens with zero attached hydrogens (tertiary/aromatic N) is 2. The zero-order valence-electron chi connectivity index (χ0n) is 17.4. The maximum absolute atomic E-state index is 12.9. The minimum absolute atomic E-state index is 0.00150. The molecule has 2 aliphatic heterocycles. The van der Waals surface area contributed by atoms with Crippen molar-refractivity contribution in [2.24, 2.45) is 5.92 Å². The number of carbonyl (C=O) groups is 2. The second-order valence-corrected chi connectivity index (χ2v) is 8.74. The molecular weight excluding hydrogens is 366 g/mol. The van der Waals surface area contributed by atoms with Crippen LogP contribution < -0.4 is 5.32 Å². The Morgan fingerprint density at radius 1 is 1.21 bits per heavy atom. The summed E-state index contributed by atoms with van der Waals surface area (Å²) in [6.07, 6.45) is 5.39. The van der Waals surface area contributed by atoms with Crippen LogP contribution in [-0.2, 0) is 27.2 Å². The lowest BCUT2D eigenvalue weighted by Gasteiger charge is -2.39. The summed E-state index contributed by atoms with van der Waals surface area (Å²) in [5.74, 6) is 0.712. The van der Waals surface area contributed by atoms with Gasteiger partial charge in [-0.05, 0) is 49.1 Å². The highest BCUT2D eigenvalue weighted by molar-refractivity contribution is 5.88. The van der Waals surface area contributed by atoms with Crippen LogP contribution in [0.4, 0.5) is 0 Å². The number of piperazine rings is 1. The Balaban J connectivity index is 1.34. The molecule has 3 aliphatic rings. The van der Waals surface area contributed by atoms with Crippen molar-refractivity contribution in [3.63, 3.8) is 0 Å². The third-order valence-electron chi connectivity index (χ3n) is 6.88. The van der Waals surface area contributed by atoms with Gasteiger partial charge in [0, 0.05) is 45.9 Å². The first kappa shape index (κ1) is 20.4. The van der Waals surface area contributed by atoms with Gasteiger partial charge in [-0.3, -0.25) is 14.5 Å². The zero-order valence-corrected chi connectivity index (χ0v) is 17.4. The molecule has 158 valence electrons. The monoisotopic (exact) mass is 399 g/mol. The van der Waals surface area contributed by atoms with Crippen LogP contribution >= 0.6 is 0 Å². The number of benzene rings is 1. The van der Waals surface area contributed by atoms with Gasteiger partial charge in [0.1, 0.15) is 0 Å². The summed E-state index contributed by atoms with van der Waals surface area (Å²) >= 11 is 0. The lowest BCUT2D eigenvalue weighted by atomic mass is 9.96. The number of hydrogen-bond donors (Lipinski definition) is 1. The van der Waals surface area contributed by atoms with Crippen LogP contribution in [0.15, 0.2) is 24.3 Å². The molecule has 6 heteroatoms. The van der Waals surface area contributed by atoms with Gasteiger partial charge in [-0.15, -0.1) is 0 Å². The summed E-state index contributed by atoms with van der Waals surface area (Å²) in [6.45, 7) is 3.91. The van der Waals surface area contributed by atoms with E-state index in [2.05, 4.69) is 34.5 Å². The number of hydrogen-bond acceptors (Lipinski definition) is 4. The molecule has 2 heterocycles. The first-order valence-electron chi connectivity index (χ1n) is 11.0. The molecule has 6 nitrogen and oxygen atoms in total. The summed E-state index contributed by atoms with van der Waals surface area (Å²) in [4.78, 5) is 29.7. The molecule has 1 atom stereocenters. The fraction of sp³-hybridized carbons (Fsp3) is 0.652. The van der Waals surface area contributed by atoms with E-state index in [0.717, 1.165) is 58.4 Å². The Morgan fingerprint density at radius 3 is 2.59 bits per heavy atom. The Hall–Kier alpha value is -1.92. The molecular formula is C23H33N3O3. The normalized spacial score (nSPS) is 23.6. The molecule has 0 saturated carbocycles. The van der Waals surface area contributed by atoms with Crippen molar-refractivity contribution in [1.82, 2.24) is 15.1 Å². The van der Waals surface area contributed by atoms with Crippen molar-refractivity contribution in [3.05, 3.63) is 35.4 Å². The van der Waals surface area contributed by atoms with Gasteiger partial charge >= 0.3 is 0 Å². The second kappa shape index (κ2) is 9.26. The van der Waals surface area contributed by atoms with Crippen molar-refractivity contribution >= 4 is 11.8 Å². The van der Waals surface area contributed by atoms with Crippen LogP contribution in [0.25, 0.3) is 0 Å². The second-order valence-electron chi connectivity index (χ2n) is 8.74. The maximum Gasteiger partial charge on any atom is 0.237 e. The van der Waals surface area contributed by atoms with Gasteiger partial charge in [-0.2, -0.15) is 0 Å². The zero-order chi connectivity index (χ0) is 20.2. The van der Waals surface area contributed by atoms with Gasteiger partial charge in [0.15, 0.2) is 0 Å². The Kier molecular flexibility index (Phi) is 6.50. The molecule has 0 spiro atoms. The summed E-state index contributed by atoms with van der Waals surface area (Å²) in [5.41, 5.74) is 2.75. The minimum Gasteiger partial charge on any atom is -0.381 e. The third-order valence-corrected chi connectivity index (χ3v) is 6.88. The smallest absolute Gasteiger partial charge is 0.237 e. The average Bonchev–Trinajstić information content (AvgIpc) is 3.18. The third kappa shape index (κ3) is 4.81. The van der Waals surface area contributed by atoms with Crippen molar-refractivity contribution < 1.29 is 14.3 Å². The minimum atomic E-state index is -0.360. The molecule has 4 rings (SSSR count). The van der Waals surface area contributed by atoms with E-state index in [1.54, 1.807) is 0 Å². The summed E-state index contributed by atoms with van der Waals surface area (Å²) in [6, 6.07) is 8.48. The Labute approximate surface area is 173 Å². The van der Waals surface area contributed by atoms with Crippen molar-refractivity contribution in [2.75, 3.05) is 39.9 Å². The van der Waals surface area contributed by atoms with Crippen molar-refractivity contribution in [3.8, 4) is 0 Å². The number of carbonyl (C=O) groups excluding carboxylic acids is 2. The SMILES string of the molecule is CN(CCC1CCOCC1)C(=O)CC1C(=O)NCCN1C1Cc2ccccc2C1. The molecule has 29 heavy (non-hydrogen) atoms. The van der Waals surface area contributed by atoms with Gasteiger partial charge in [0.25, 0.3) is 0 Å². The van der Waals surface area contributed by atoms with Crippen molar-refractivity contribution in [1.29, 1.82) is 0 Å². The van der Waals surface area contributed by atoms with Gasteiger partial charge in [0.05, 0.1) is 12.5 Å². The topological polar surface area (TPSA) is 61.9 Å². The molecule has 1 N–H and O–H groups in total. The number of nitrogens with one attached hydrogen (secondary N) is 1. The highest BCUT2D eigenvalue weighted by Crippen LogP contribution is 2.28. The number of amides is 2. The van der Waals surface area contributed by atoms with Gasteiger partial charge in [-0.25, -0.2) is 0 Å². The largest absolute Gasteiger partial charge is 0.381 e. The molecule has 0 radical (unpaired) electrons. The van der Waals surface area contributed by atoms with Gasteiger partial charge in [0.2, 0.25) is 11.8 Å². The molecule has 0 aromatic heterocycles. The average molecular weight is 400 g/mol. The lowest BCUT2D eigenvalue weighted by Crippen LogP contribution is -2.59. The summed E-state index contributed by atoms with van der Waals surface area (Å²) in [7, 11) is 1.87. The van der Waals surface area contributed by atoms with E-state index in [9.17, 15) is 9.59 Å². The molecule has 2 amide bonds. The predicted octanol–water partition coefficient (Wildman–Crippen LogP) is 1.62. The van der Waals surface area contributed by atoms with E-state index in [4.69, 9.17) is 4.74 Å². The van der Waals surface area contributed by atoms with Crippen molar-refractivity contribution in [2.45, 2.75) is 50.6 Å². The van der Waals surface area contributed by atoms with E-state index in [1.807, 2.05) is 11.9 Å². The first-order valence-corrected chi connectivity index (χ1v) is 11.0. The Morgan fingerprint density at radius 2 is 1.90 bits per heavy atom. The quantitative estimate of drug-likeness (QED) is 0.790. The van der Waals surface area contributed by atoms with Crippen LogP contribution in [0.1, 0.15) is 36.8 Å². The van der Waals surface area contributed by atoms with Crippen LogP contribution in [0.2, 0.25) is 0 Å². The Bertz CT molecular complexity index is 707. The molecule has 1 aliphatic carbocycles. The number of rotatable bonds is 6. The standard InChI is InChI=1S/C23H33N3O3/c1-25(10-6-17-7-12-29-13-8-17)22(27)16-21-23(28)24-9-11-26(21)20-14-18-4-2-3-5-19(18)15-20/h2-5,17,20-21H,6-16H2,1H3,(H,24,28). The van der Waals surface area contributed by atoms with E-state index in [-0.39, 0.29) is 24.3 Å². The molecule has 1 aromatic carbocycles. The molecule has 1 aromatic rings. The van der Waals surface area contributed by atoms with E-state index in [0.29, 0.717) is 18.5 Å². The summed E-state index contributed by atoms with van der Waals surface area (Å²) in [5, 5.41) is 2.97. The predicted molar refractivity (Wildman–Crippen MR) is 112 cm³/mol. The molecule has 0 bridgehead atoms. The van der Waals surface area contributed by atoms with Gasteiger partial charge in [-0.1, -0.05) is 24.3 Å². The van der Waals surface area contributed by atoms with E-state index < -0.39 is 0 Å². The molecule has 2 fully saturated rings. The van der Waals surface area contributed by atoms with Crippen LogP contribution in [0.5, 0.6) is 0 Å². The fourth-order valence-electron chi connectivity index (χ4n) is 5.01. The highest BCUT2D eigenvalue weighted by Gasteiger charge is 2.38. The molecule has 2 saturated heterocycles. The van der Waals surface area contributed by atoms with E-state index in [1.165, 1.54) is 11.1 Å². The van der Waals surface area contributed by atoms with Crippen LogP contribution in [0.3, 0.4) is 0 Å². The summed E-state index contributed by atoms with van der Waals surface area (Å²) < 4.78 is 5.42. The number of ether oxygens (including phenoxy) is 1. The first-order chi connectivity index (χ1) is 14.1. The van der Waals surface area contributed by atoms with Crippen LogP contribution in [0, 0.1) is 5.92 Å². The maximum atomic E-state index is 12.9. The van der Waals surface area contributed by atoms with Gasteiger partial charge < -0.3 is 15.0 Å².